The van der Waals surface area contributed by atoms with E-state index in [0.29, 0.717) is 12.5 Å². The summed E-state index contributed by atoms with van der Waals surface area (Å²) in [7, 11) is 0. The molecule has 0 atom stereocenters. The smallest absolute Gasteiger partial charge is 0.335 e. The molecular formula is C18H19ClN2O3. The predicted octanol–water partition coefficient (Wildman–Crippen LogP) is 3.20. The molecule has 1 N–H and O–H groups in total. The quantitative estimate of drug-likeness (QED) is 0.901. The third-order valence-electron chi connectivity index (χ3n) is 4.06. The van der Waals surface area contributed by atoms with Gasteiger partial charge in [0.1, 0.15) is 12.5 Å². The highest BCUT2D eigenvalue weighted by molar-refractivity contribution is 6.30. The lowest BCUT2D eigenvalue weighted by Gasteiger charge is -2.35. The molecule has 2 aromatic rings. The number of piperazine rings is 1. The van der Waals surface area contributed by atoms with Crippen LogP contribution in [0.2, 0.25) is 5.02 Å². The number of halogens is 1. The molecule has 3 rings (SSSR count). The maximum absolute atomic E-state index is 10.8. The number of nitrogens with zero attached hydrogens (tertiary/aromatic N) is 2. The number of carbonyl (C=O) groups is 1. The summed E-state index contributed by atoms with van der Waals surface area (Å²) in [5.74, 6) is -0.254. The summed E-state index contributed by atoms with van der Waals surface area (Å²) < 4.78 is 5.73. The maximum atomic E-state index is 10.8. The minimum absolute atomic E-state index is 0.262. The van der Waals surface area contributed by atoms with Gasteiger partial charge in [0.2, 0.25) is 0 Å². The Hall–Kier alpha value is -2.24. The molecule has 0 aromatic heterocycles. The van der Waals surface area contributed by atoms with Gasteiger partial charge in [0, 0.05) is 36.9 Å². The maximum Gasteiger partial charge on any atom is 0.335 e. The summed E-state index contributed by atoms with van der Waals surface area (Å²) in [6.45, 7) is 4.14. The van der Waals surface area contributed by atoms with E-state index in [4.69, 9.17) is 21.4 Å². The molecule has 0 spiro atoms. The van der Waals surface area contributed by atoms with Crippen LogP contribution in [0, 0.1) is 0 Å². The Labute approximate surface area is 146 Å². The molecular weight excluding hydrogens is 328 g/mol. The lowest BCUT2D eigenvalue weighted by molar-refractivity contribution is 0.0696. The van der Waals surface area contributed by atoms with Gasteiger partial charge in [-0.2, -0.15) is 0 Å². The van der Waals surface area contributed by atoms with E-state index in [1.165, 1.54) is 0 Å². The van der Waals surface area contributed by atoms with Crippen molar-refractivity contribution in [3.05, 3.63) is 59.1 Å². The molecule has 0 aliphatic carbocycles. The van der Waals surface area contributed by atoms with E-state index in [1.54, 1.807) is 24.3 Å². The largest absolute Gasteiger partial charge is 0.478 e. The van der Waals surface area contributed by atoms with Gasteiger partial charge < -0.3 is 14.7 Å². The summed E-state index contributed by atoms with van der Waals surface area (Å²) in [6.07, 6.45) is 0. The van der Waals surface area contributed by atoms with Crippen LogP contribution in [0.5, 0.6) is 5.75 Å². The van der Waals surface area contributed by atoms with E-state index in [1.807, 2.05) is 18.2 Å². The van der Waals surface area contributed by atoms with Crippen LogP contribution in [0.4, 0.5) is 5.69 Å². The number of aromatic carboxylic acids is 1. The van der Waals surface area contributed by atoms with E-state index in [9.17, 15) is 4.79 Å². The SMILES string of the molecule is O=C(O)c1ccc(OCN2CCN(c3cccc(Cl)c3)CC2)cc1. The number of carboxylic acids is 1. The third-order valence-corrected chi connectivity index (χ3v) is 4.30. The molecule has 0 bridgehead atoms. The van der Waals surface area contributed by atoms with Crippen molar-refractivity contribution in [3.63, 3.8) is 0 Å². The van der Waals surface area contributed by atoms with Gasteiger partial charge in [0.25, 0.3) is 0 Å². The second-order valence-corrected chi connectivity index (χ2v) is 6.12. The molecule has 1 aliphatic rings. The molecule has 0 saturated carbocycles. The Kier molecular flexibility index (Phi) is 5.23. The van der Waals surface area contributed by atoms with Gasteiger partial charge in [0.05, 0.1) is 5.56 Å². The van der Waals surface area contributed by atoms with Gasteiger partial charge in [-0.15, -0.1) is 0 Å². The summed E-state index contributed by atoms with van der Waals surface area (Å²) in [5, 5.41) is 9.64. The fourth-order valence-corrected chi connectivity index (χ4v) is 2.85. The van der Waals surface area contributed by atoms with Crippen LogP contribution in [-0.4, -0.2) is 48.9 Å². The molecule has 1 saturated heterocycles. The molecule has 6 heteroatoms. The molecule has 24 heavy (non-hydrogen) atoms. The molecule has 126 valence electrons. The fourth-order valence-electron chi connectivity index (χ4n) is 2.67. The standard InChI is InChI=1S/C18H19ClN2O3/c19-15-2-1-3-16(12-15)21-10-8-20(9-11-21)13-24-17-6-4-14(5-7-17)18(22)23/h1-7,12H,8-11,13H2,(H,22,23). The second-order valence-electron chi connectivity index (χ2n) is 5.69. The highest BCUT2D eigenvalue weighted by atomic mass is 35.5. The number of ether oxygens (including phenoxy) is 1. The zero-order valence-corrected chi connectivity index (χ0v) is 13.9. The number of hydrogen-bond donors (Lipinski definition) is 1. The number of rotatable bonds is 5. The van der Waals surface area contributed by atoms with Gasteiger partial charge in [-0.25, -0.2) is 4.79 Å². The first-order valence-electron chi connectivity index (χ1n) is 7.81. The normalized spacial score (nSPS) is 15.3. The van der Waals surface area contributed by atoms with E-state index in [-0.39, 0.29) is 5.56 Å². The van der Waals surface area contributed by atoms with Crippen molar-refractivity contribution in [1.82, 2.24) is 4.90 Å². The highest BCUT2D eigenvalue weighted by Gasteiger charge is 2.17. The molecule has 0 amide bonds. The first-order chi connectivity index (χ1) is 11.6. The van der Waals surface area contributed by atoms with Crippen LogP contribution < -0.4 is 9.64 Å². The number of anilines is 1. The average molecular weight is 347 g/mol. The Morgan fingerprint density at radius 2 is 1.79 bits per heavy atom. The van der Waals surface area contributed by atoms with Gasteiger partial charge in [0.15, 0.2) is 0 Å². The number of benzene rings is 2. The van der Waals surface area contributed by atoms with E-state index in [2.05, 4.69) is 15.9 Å². The van der Waals surface area contributed by atoms with E-state index < -0.39 is 5.97 Å². The van der Waals surface area contributed by atoms with Gasteiger partial charge in [-0.05, 0) is 42.5 Å². The van der Waals surface area contributed by atoms with Gasteiger partial charge >= 0.3 is 5.97 Å². The zero-order chi connectivity index (χ0) is 16.9. The van der Waals surface area contributed by atoms with Crippen LogP contribution in [0.15, 0.2) is 48.5 Å². The molecule has 2 aromatic carbocycles. The first-order valence-corrected chi connectivity index (χ1v) is 8.18. The van der Waals surface area contributed by atoms with E-state index in [0.717, 1.165) is 36.9 Å². The van der Waals surface area contributed by atoms with Crippen LogP contribution >= 0.6 is 11.6 Å². The third kappa shape index (κ3) is 4.19. The number of hydrogen-bond acceptors (Lipinski definition) is 4. The van der Waals surface area contributed by atoms with Crippen molar-refractivity contribution < 1.29 is 14.6 Å². The topological polar surface area (TPSA) is 53.0 Å². The summed E-state index contributed by atoms with van der Waals surface area (Å²) in [4.78, 5) is 15.4. The Balaban J connectivity index is 1.48. The molecule has 1 aliphatic heterocycles. The average Bonchev–Trinajstić information content (AvgIpc) is 2.61. The summed E-state index contributed by atoms with van der Waals surface area (Å²) in [5.41, 5.74) is 1.41. The second kappa shape index (κ2) is 7.55. The van der Waals surface area contributed by atoms with E-state index >= 15 is 0 Å². The molecule has 1 heterocycles. The lowest BCUT2D eigenvalue weighted by Crippen LogP contribution is -2.47. The monoisotopic (exact) mass is 346 g/mol. The first kappa shape index (κ1) is 16.6. The van der Waals surface area contributed by atoms with Crippen molar-refractivity contribution in [2.75, 3.05) is 37.8 Å². The number of carboxylic acid groups (broad SMARTS) is 1. The Morgan fingerprint density at radius 3 is 2.42 bits per heavy atom. The van der Waals surface area contributed by atoms with Crippen molar-refractivity contribution in [2.24, 2.45) is 0 Å². The lowest BCUT2D eigenvalue weighted by atomic mass is 10.2. The Bertz CT molecular complexity index is 698. The Morgan fingerprint density at radius 1 is 1.08 bits per heavy atom. The van der Waals surface area contributed by atoms with Crippen LogP contribution in [0.1, 0.15) is 10.4 Å². The molecule has 5 nitrogen and oxygen atoms in total. The van der Waals surface area contributed by atoms with Gasteiger partial charge in [-0.3, -0.25) is 4.90 Å². The van der Waals surface area contributed by atoms with Crippen molar-refractivity contribution >= 4 is 23.3 Å². The van der Waals surface area contributed by atoms with Crippen LogP contribution in [0.3, 0.4) is 0 Å². The molecule has 0 radical (unpaired) electrons. The molecule has 1 fully saturated rings. The zero-order valence-electron chi connectivity index (χ0n) is 13.2. The molecule has 0 unspecified atom stereocenters. The van der Waals surface area contributed by atoms with Crippen LogP contribution in [-0.2, 0) is 0 Å². The predicted molar refractivity (Wildman–Crippen MR) is 94.1 cm³/mol. The van der Waals surface area contributed by atoms with Crippen molar-refractivity contribution in [1.29, 1.82) is 0 Å². The van der Waals surface area contributed by atoms with Gasteiger partial charge in [-0.1, -0.05) is 17.7 Å². The van der Waals surface area contributed by atoms with Crippen LogP contribution in [0.25, 0.3) is 0 Å². The minimum Gasteiger partial charge on any atom is -0.478 e. The minimum atomic E-state index is -0.932. The highest BCUT2D eigenvalue weighted by Crippen LogP contribution is 2.21. The summed E-state index contributed by atoms with van der Waals surface area (Å²) in [6, 6.07) is 14.4. The fraction of sp³-hybridized carbons (Fsp3) is 0.278. The van der Waals surface area contributed by atoms with Crippen molar-refractivity contribution in [3.8, 4) is 5.75 Å². The summed E-state index contributed by atoms with van der Waals surface area (Å²) >= 11 is 6.05. The van der Waals surface area contributed by atoms with Crippen molar-refractivity contribution in [2.45, 2.75) is 0 Å².